The van der Waals surface area contributed by atoms with E-state index in [-0.39, 0.29) is 11.3 Å². The quantitative estimate of drug-likeness (QED) is 0.271. The molecule has 1 N–H and O–H groups in total. The molecule has 0 saturated carbocycles. The van der Waals surface area contributed by atoms with Crippen molar-refractivity contribution in [3.63, 3.8) is 0 Å². The van der Waals surface area contributed by atoms with Gasteiger partial charge in [0.1, 0.15) is 5.76 Å². The van der Waals surface area contributed by atoms with Crippen molar-refractivity contribution in [3.8, 4) is 17.2 Å². The summed E-state index contributed by atoms with van der Waals surface area (Å²) in [6.07, 6.45) is 0.680. The molecule has 8 nitrogen and oxygen atoms in total. The van der Waals surface area contributed by atoms with E-state index in [9.17, 15) is 14.7 Å². The highest BCUT2D eigenvalue weighted by Crippen LogP contribution is 2.46. The van der Waals surface area contributed by atoms with Gasteiger partial charge in [-0.15, -0.1) is 0 Å². The van der Waals surface area contributed by atoms with Gasteiger partial charge in [-0.05, 0) is 69.2 Å². The van der Waals surface area contributed by atoms with Crippen molar-refractivity contribution < 1.29 is 28.9 Å². The third-order valence-corrected chi connectivity index (χ3v) is 6.96. The monoisotopic (exact) mass is 510 g/mol. The van der Waals surface area contributed by atoms with Gasteiger partial charge in [-0.3, -0.25) is 9.59 Å². The molecule has 1 aliphatic heterocycles. The summed E-state index contributed by atoms with van der Waals surface area (Å²) in [5.74, 6) is -0.328. The van der Waals surface area contributed by atoms with Crippen molar-refractivity contribution in [2.75, 3.05) is 47.5 Å². The van der Waals surface area contributed by atoms with Gasteiger partial charge in [0, 0.05) is 12.1 Å². The van der Waals surface area contributed by atoms with Crippen LogP contribution in [-0.4, -0.2) is 74.1 Å². The van der Waals surface area contributed by atoms with Crippen molar-refractivity contribution in [1.82, 2.24) is 9.80 Å². The molecular formula is C29H38N2O6. The van der Waals surface area contributed by atoms with Crippen molar-refractivity contribution >= 4 is 17.4 Å². The molecule has 1 saturated heterocycles. The van der Waals surface area contributed by atoms with E-state index in [4.69, 9.17) is 14.2 Å². The van der Waals surface area contributed by atoms with Gasteiger partial charge in [0.2, 0.25) is 5.75 Å². The number of Topliss-reactive ketones (excluding diaryl/α,β-unsaturated/α-hetero) is 1. The highest BCUT2D eigenvalue weighted by molar-refractivity contribution is 6.46. The number of nitrogens with zero attached hydrogens (tertiary/aromatic N) is 2. The molecule has 1 amide bonds. The van der Waals surface area contributed by atoms with Gasteiger partial charge in [-0.25, -0.2) is 0 Å². The number of aryl methyl sites for hydroxylation is 2. The standard InChI is InChI=1S/C29H38N2O6/c1-8-30(9-2)13-10-14-31-25(20-16-22(35-5)28(37-7)23(17-20)36-6)24(27(33)29(31)34)26(32)21-15-18(3)11-12-19(21)4/h11-12,15-17,25,32H,8-10,13-14H2,1-7H3. The van der Waals surface area contributed by atoms with E-state index in [0.29, 0.717) is 41.3 Å². The number of ether oxygens (including phenoxy) is 3. The number of aliphatic hydroxyl groups is 1. The molecule has 1 fully saturated rings. The van der Waals surface area contributed by atoms with Crippen LogP contribution in [0.4, 0.5) is 0 Å². The van der Waals surface area contributed by atoms with E-state index in [1.54, 1.807) is 17.0 Å². The van der Waals surface area contributed by atoms with Gasteiger partial charge in [0.05, 0.1) is 32.9 Å². The Morgan fingerprint density at radius 1 is 0.973 bits per heavy atom. The Labute approximate surface area is 219 Å². The van der Waals surface area contributed by atoms with Crippen LogP contribution >= 0.6 is 0 Å². The molecule has 2 aromatic rings. The van der Waals surface area contributed by atoms with Gasteiger partial charge in [0.15, 0.2) is 11.5 Å². The number of aliphatic hydroxyl groups excluding tert-OH is 1. The molecule has 1 aliphatic rings. The van der Waals surface area contributed by atoms with Crippen LogP contribution in [0.25, 0.3) is 5.76 Å². The van der Waals surface area contributed by atoms with Crippen molar-refractivity contribution in [1.29, 1.82) is 0 Å². The number of rotatable bonds is 11. The zero-order chi connectivity index (χ0) is 27.3. The number of likely N-dealkylation sites (tertiary alicyclic amines) is 1. The van der Waals surface area contributed by atoms with Crippen LogP contribution in [0.5, 0.6) is 17.2 Å². The molecule has 3 rings (SSSR count). The molecule has 200 valence electrons. The van der Waals surface area contributed by atoms with Crippen LogP contribution in [-0.2, 0) is 9.59 Å². The van der Waals surface area contributed by atoms with E-state index < -0.39 is 17.7 Å². The predicted molar refractivity (Wildman–Crippen MR) is 143 cm³/mol. The van der Waals surface area contributed by atoms with Gasteiger partial charge in [-0.2, -0.15) is 0 Å². The number of methoxy groups -OCH3 is 3. The summed E-state index contributed by atoms with van der Waals surface area (Å²) in [7, 11) is 4.54. The lowest BCUT2D eigenvalue weighted by atomic mass is 9.93. The molecule has 1 atom stereocenters. The number of benzene rings is 2. The maximum absolute atomic E-state index is 13.4. The van der Waals surface area contributed by atoms with Crippen LogP contribution in [0.15, 0.2) is 35.9 Å². The molecule has 1 heterocycles. The van der Waals surface area contributed by atoms with Gasteiger partial charge < -0.3 is 29.1 Å². The maximum Gasteiger partial charge on any atom is 0.295 e. The maximum atomic E-state index is 13.4. The normalized spacial score (nSPS) is 17.0. The molecular weight excluding hydrogens is 472 g/mol. The fourth-order valence-electron chi connectivity index (χ4n) is 4.86. The third-order valence-electron chi connectivity index (χ3n) is 6.96. The van der Waals surface area contributed by atoms with Crippen molar-refractivity contribution in [2.24, 2.45) is 0 Å². The van der Waals surface area contributed by atoms with Crippen LogP contribution in [0.1, 0.15) is 48.6 Å². The molecule has 2 aromatic carbocycles. The number of amides is 1. The Morgan fingerprint density at radius 2 is 1.59 bits per heavy atom. The summed E-state index contributed by atoms with van der Waals surface area (Å²) in [5.41, 5.74) is 2.90. The van der Waals surface area contributed by atoms with Crippen LogP contribution in [0.2, 0.25) is 0 Å². The van der Waals surface area contributed by atoms with Crippen LogP contribution in [0, 0.1) is 13.8 Å². The number of ketones is 1. The molecule has 37 heavy (non-hydrogen) atoms. The summed E-state index contributed by atoms with van der Waals surface area (Å²) >= 11 is 0. The average Bonchev–Trinajstić information content (AvgIpc) is 3.16. The lowest BCUT2D eigenvalue weighted by Crippen LogP contribution is -2.33. The van der Waals surface area contributed by atoms with Crippen molar-refractivity contribution in [3.05, 3.63) is 58.2 Å². The number of hydrogen-bond donors (Lipinski definition) is 1. The minimum absolute atomic E-state index is 0.0517. The Morgan fingerprint density at radius 3 is 2.14 bits per heavy atom. The molecule has 0 bridgehead atoms. The largest absolute Gasteiger partial charge is 0.507 e. The average molecular weight is 511 g/mol. The van der Waals surface area contributed by atoms with Crippen LogP contribution in [0.3, 0.4) is 0 Å². The summed E-state index contributed by atoms with van der Waals surface area (Å²) in [4.78, 5) is 30.6. The van der Waals surface area contributed by atoms with Crippen molar-refractivity contribution in [2.45, 2.75) is 40.2 Å². The summed E-state index contributed by atoms with van der Waals surface area (Å²) in [6.45, 7) is 10.9. The molecule has 0 spiro atoms. The highest BCUT2D eigenvalue weighted by atomic mass is 16.5. The fraction of sp³-hybridized carbons (Fsp3) is 0.448. The van der Waals surface area contributed by atoms with E-state index in [2.05, 4.69) is 18.7 Å². The zero-order valence-electron chi connectivity index (χ0n) is 22.9. The summed E-state index contributed by atoms with van der Waals surface area (Å²) in [6, 6.07) is 8.29. The van der Waals surface area contributed by atoms with Gasteiger partial charge in [-0.1, -0.05) is 31.5 Å². The SMILES string of the molecule is CCN(CC)CCCN1C(=O)C(=O)C(=C(O)c2cc(C)ccc2C)C1c1cc(OC)c(OC)c(OC)c1. The number of carbonyl (C=O) groups is 2. The molecule has 1 unspecified atom stereocenters. The number of carbonyl (C=O) groups excluding carboxylic acids is 2. The van der Waals surface area contributed by atoms with Gasteiger partial charge in [0.25, 0.3) is 11.7 Å². The Kier molecular flexibility index (Phi) is 9.21. The Balaban J connectivity index is 2.21. The molecule has 0 aromatic heterocycles. The second-order valence-electron chi connectivity index (χ2n) is 9.15. The summed E-state index contributed by atoms with van der Waals surface area (Å²) in [5, 5.41) is 11.5. The second kappa shape index (κ2) is 12.1. The second-order valence-corrected chi connectivity index (χ2v) is 9.15. The smallest absolute Gasteiger partial charge is 0.295 e. The van der Waals surface area contributed by atoms with E-state index in [1.807, 2.05) is 32.0 Å². The summed E-state index contributed by atoms with van der Waals surface area (Å²) < 4.78 is 16.6. The number of hydrogen-bond acceptors (Lipinski definition) is 7. The highest BCUT2D eigenvalue weighted by Gasteiger charge is 2.46. The minimum atomic E-state index is -0.815. The molecule has 8 heteroatoms. The first-order valence-corrected chi connectivity index (χ1v) is 12.6. The Hall–Kier alpha value is -3.52. The first-order chi connectivity index (χ1) is 17.7. The minimum Gasteiger partial charge on any atom is -0.507 e. The van der Waals surface area contributed by atoms with E-state index in [1.165, 1.54) is 21.3 Å². The fourth-order valence-corrected chi connectivity index (χ4v) is 4.86. The van der Waals surface area contributed by atoms with E-state index in [0.717, 1.165) is 30.8 Å². The molecule has 0 aliphatic carbocycles. The Bertz CT molecular complexity index is 1160. The van der Waals surface area contributed by atoms with Gasteiger partial charge >= 0.3 is 0 Å². The topological polar surface area (TPSA) is 88.5 Å². The molecule has 0 radical (unpaired) electrons. The predicted octanol–water partition coefficient (Wildman–Crippen LogP) is 4.48. The first-order valence-electron chi connectivity index (χ1n) is 12.6. The van der Waals surface area contributed by atoms with E-state index >= 15 is 0 Å². The first kappa shape index (κ1) is 28.1. The lowest BCUT2D eigenvalue weighted by Gasteiger charge is -2.27. The third kappa shape index (κ3) is 5.59. The van der Waals surface area contributed by atoms with Crippen LogP contribution < -0.4 is 14.2 Å². The zero-order valence-corrected chi connectivity index (χ0v) is 22.9. The lowest BCUT2D eigenvalue weighted by molar-refractivity contribution is -0.140.